The Hall–Kier alpha value is -1.84. The van der Waals surface area contributed by atoms with Crippen LogP contribution in [0.1, 0.15) is 32.8 Å². The highest BCUT2D eigenvalue weighted by Gasteiger charge is 2.67. The van der Waals surface area contributed by atoms with Gasteiger partial charge < -0.3 is 5.73 Å². The summed E-state index contributed by atoms with van der Waals surface area (Å²) in [4.78, 5) is 18.3. The van der Waals surface area contributed by atoms with Gasteiger partial charge in [-0.05, 0) is 24.3 Å². The summed E-state index contributed by atoms with van der Waals surface area (Å²) >= 11 is 0. The molecule has 4 atom stereocenters. The van der Waals surface area contributed by atoms with E-state index in [1.165, 1.54) is 10.5 Å². The molecule has 0 aromatic heterocycles. The van der Waals surface area contributed by atoms with Crippen molar-refractivity contribution in [2.45, 2.75) is 38.1 Å². The molecule has 4 unspecified atom stereocenters. The van der Waals surface area contributed by atoms with Gasteiger partial charge in [0.2, 0.25) is 5.91 Å². The number of nitrogens with zero attached hydrogens (tertiary/aromatic N) is 2. The Labute approximate surface area is 126 Å². The van der Waals surface area contributed by atoms with Crippen molar-refractivity contribution < 1.29 is 4.79 Å². The SMILES string of the molecule is CC1C(C2(C)CC(=O)N(C)C(N)=N2)C1(C)c1ccccc1. The Morgan fingerprint density at radius 3 is 2.48 bits per heavy atom. The summed E-state index contributed by atoms with van der Waals surface area (Å²) in [6.45, 7) is 6.59. The van der Waals surface area contributed by atoms with Crippen molar-refractivity contribution in [3.8, 4) is 0 Å². The van der Waals surface area contributed by atoms with E-state index in [9.17, 15) is 4.79 Å². The molecule has 0 radical (unpaired) electrons. The van der Waals surface area contributed by atoms with Crippen molar-refractivity contribution in [1.82, 2.24) is 4.90 Å². The van der Waals surface area contributed by atoms with Gasteiger partial charge >= 0.3 is 0 Å². The van der Waals surface area contributed by atoms with E-state index in [1.54, 1.807) is 7.05 Å². The molecule has 1 fully saturated rings. The quantitative estimate of drug-likeness (QED) is 0.905. The second-order valence-corrected chi connectivity index (χ2v) is 6.87. The number of benzene rings is 1. The van der Waals surface area contributed by atoms with Crippen molar-refractivity contribution in [3.63, 3.8) is 0 Å². The number of guanidine groups is 1. The standard InChI is InChI=1S/C17H23N3O/c1-11-14(17(11,3)12-8-6-5-7-9-12)16(2)10-13(21)20(4)15(18)19-16/h5-9,11,14H,10H2,1-4H3,(H2,18,19). The molecular formula is C17H23N3O. The molecule has 1 aliphatic heterocycles. The fourth-order valence-electron chi connectivity index (χ4n) is 4.26. The Morgan fingerprint density at radius 1 is 1.29 bits per heavy atom. The van der Waals surface area contributed by atoms with Gasteiger partial charge in [-0.2, -0.15) is 0 Å². The molecule has 1 aliphatic carbocycles. The summed E-state index contributed by atoms with van der Waals surface area (Å²) in [7, 11) is 1.69. The summed E-state index contributed by atoms with van der Waals surface area (Å²) in [5.74, 6) is 1.21. The van der Waals surface area contributed by atoms with Gasteiger partial charge in [0, 0.05) is 12.5 Å². The fraction of sp³-hybridized carbons (Fsp3) is 0.529. The molecule has 0 saturated heterocycles. The lowest BCUT2D eigenvalue weighted by atomic mass is 9.83. The number of nitrogens with two attached hydrogens (primary N) is 1. The third-order valence-corrected chi connectivity index (χ3v) is 5.65. The monoisotopic (exact) mass is 285 g/mol. The number of amides is 1. The maximum atomic E-state index is 12.2. The van der Waals surface area contributed by atoms with E-state index in [0.717, 1.165) is 0 Å². The number of hydrogen-bond acceptors (Lipinski definition) is 3. The van der Waals surface area contributed by atoms with Gasteiger partial charge in [0.25, 0.3) is 0 Å². The zero-order valence-electron chi connectivity index (χ0n) is 13.1. The molecule has 1 amide bonds. The smallest absolute Gasteiger partial charge is 0.231 e. The van der Waals surface area contributed by atoms with Crippen molar-refractivity contribution in [3.05, 3.63) is 35.9 Å². The lowest BCUT2D eigenvalue weighted by Gasteiger charge is -2.35. The second-order valence-electron chi connectivity index (χ2n) is 6.87. The fourth-order valence-corrected chi connectivity index (χ4v) is 4.26. The van der Waals surface area contributed by atoms with E-state index in [-0.39, 0.29) is 11.3 Å². The van der Waals surface area contributed by atoms with Crippen molar-refractivity contribution in [2.75, 3.05) is 7.05 Å². The van der Waals surface area contributed by atoms with E-state index >= 15 is 0 Å². The van der Waals surface area contributed by atoms with Crippen LogP contribution in [0.25, 0.3) is 0 Å². The number of aliphatic imine (C=N–C) groups is 1. The molecule has 1 heterocycles. The zero-order chi connectivity index (χ0) is 15.4. The van der Waals surface area contributed by atoms with Crippen LogP contribution in [0.2, 0.25) is 0 Å². The van der Waals surface area contributed by atoms with Crippen molar-refractivity contribution >= 4 is 11.9 Å². The number of hydrogen-bond donors (Lipinski definition) is 1. The highest BCUT2D eigenvalue weighted by Crippen LogP contribution is 2.65. The summed E-state index contributed by atoms with van der Waals surface area (Å²) < 4.78 is 0. The molecule has 2 aliphatic rings. The summed E-state index contributed by atoms with van der Waals surface area (Å²) in [5.41, 5.74) is 6.92. The number of carbonyl (C=O) groups is 1. The maximum absolute atomic E-state index is 12.2. The van der Waals surface area contributed by atoms with Gasteiger partial charge in [0.05, 0.1) is 12.0 Å². The molecule has 1 saturated carbocycles. The first-order valence-corrected chi connectivity index (χ1v) is 7.48. The van der Waals surface area contributed by atoms with Crippen LogP contribution in [-0.4, -0.2) is 29.4 Å². The maximum Gasteiger partial charge on any atom is 0.231 e. The highest BCUT2D eigenvalue weighted by atomic mass is 16.2. The molecule has 3 rings (SSSR count). The van der Waals surface area contributed by atoms with Gasteiger partial charge in [-0.1, -0.05) is 44.2 Å². The van der Waals surface area contributed by atoms with E-state index < -0.39 is 5.54 Å². The van der Waals surface area contributed by atoms with Gasteiger partial charge in [-0.3, -0.25) is 9.69 Å². The lowest BCUT2D eigenvalue weighted by Crippen LogP contribution is -2.50. The molecular weight excluding hydrogens is 262 g/mol. The summed E-state index contributed by atoms with van der Waals surface area (Å²) in [5, 5.41) is 0. The topological polar surface area (TPSA) is 58.7 Å². The van der Waals surface area contributed by atoms with Gasteiger partial charge in [-0.15, -0.1) is 0 Å². The van der Waals surface area contributed by atoms with Crippen LogP contribution in [0.3, 0.4) is 0 Å². The molecule has 1 aromatic rings. The molecule has 2 N–H and O–H groups in total. The first kappa shape index (κ1) is 14.1. The van der Waals surface area contributed by atoms with Crippen LogP contribution in [-0.2, 0) is 10.2 Å². The minimum atomic E-state index is -0.405. The molecule has 112 valence electrons. The average molecular weight is 285 g/mol. The first-order valence-electron chi connectivity index (χ1n) is 7.48. The Balaban J connectivity index is 1.97. The minimum absolute atomic E-state index is 0.0551. The van der Waals surface area contributed by atoms with Crippen molar-refractivity contribution in [2.24, 2.45) is 22.6 Å². The summed E-state index contributed by atoms with van der Waals surface area (Å²) in [6.07, 6.45) is 0.432. The normalized spacial score (nSPS) is 39.1. The lowest BCUT2D eigenvalue weighted by molar-refractivity contribution is -0.128. The van der Waals surface area contributed by atoms with Gasteiger partial charge in [0.1, 0.15) is 0 Å². The van der Waals surface area contributed by atoms with E-state index in [4.69, 9.17) is 5.73 Å². The van der Waals surface area contributed by atoms with E-state index in [0.29, 0.717) is 24.2 Å². The van der Waals surface area contributed by atoms with Crippen LogP contribution < -0.4 is 5.73 Å². The zero-order valence-corrected chi connectivity index (χ0v) is 13.1. The number of carbonyl (C=O) groups excluding carboxylic acids is 1. The summed E-state index contributed by atoms with van der Waals surface area (Å²) in [6, 6.07) is 10.5. The predicted octanol–water partition coefficient (Wildman–Crippen LogP) is 2.15. The van der Waals surface area contributed by atoms with E-state index in [1.807, 2.05) is 6.07 Å². The minimum Gasteiger partial charge on any atom is -0.369 e. The van der Waals surface area contributed by atoms with Crippen LogP contribution in [0.5, 0.6) is 0 Å². The predicted molar refractivity (Wildman–Crippen MR) is 83.9 cm³/mol. The molecule has 4 nitrogen and oxygen atoms in total. The molecule has 1 aromatic carbocycles. The molecule has 21 heavy (non-hydrogen) atoms. The molecule has 4 heteroatoms. The first-order chi connectivity index (χ1) is 9.80. The Morgan fingerprint density at radius 2 is 1.90 bits per heavy atom. The third-order valence-electron chi connectivity index (χ3n) is 5.65. The second kappa shape index (κ2) is 4.33. The largest absolute Gasteiger partial charge is 0.369 e. The van der Waals surface area contributed by atoms with Crippen molar-refractivity contribution in [1.29, 1.82) is 0 Å². The Bertz CT molecular complexity index is 612. The van der Waals surface area contributed by atoms with Gasteiger partial charge in [0.15, 0.2) is 5.96 Å². The highest BCUT2D eigenvalue weighted by molar-refractivity contribution is 5.98. The van der Waals surface area contributed by atoms with Crippen LogP contribution >= 0.6 is 0 Å². The third kappa shape index (κ3) is 1.88. The Kier molecular flexibility index (Phi) is 2.91. The average Bonchev–Trinajstić information content (AvgIpc) is 3.02. The number of rotatable bonds is 2. The van der Waals surface area contributed by atoms with E-state index in [2.05, 4.69) is 50.0 Å². The van der Waals surface area contributed by atoms with Crippen LogP contribution in [0, 0.1) is 11.8 Å². The molecule has 0 bridgehead atoms. The molecule has 0 spiro atoms. The van der Waals surface area contributed by atoms with Gasteiger partial charge in [-0.25, -0.2) is 4.99 Å². The van der Waals surface area contributed by atoms with Crippen LogP contribution in [0.15, 0.2) is 35.3 Å². The van der Waals surface area contributed by atoms with Crippen LogP contribution in [0.4, 0.5) is 0 Å².